The Kier molecular flexibility index (Phi) is 7.70. The van der Waals surface area contributed by atoms with E-state index in [1.807, 2.05) is 0 Å². The molecule has 0 saturated heterocycles. The average molecular weight is 236 g/mol. The number of carbonyl (C=O) groups excluding carboxylic acids is 1. The summed E-state index contributed by atoms with van der Waals surface area (Å²) >= 11 is 0. The van der Waals surface area contributed by atoms with Crippen molar-refractivity contribution in [3.05, 3.63) is 0 Å². The number of hydrogen-bond donors (Lipinski definition) is 2. The molecule has 0 radical (unpaired) electrons. The first-order valence-electron chi connectivity index (χ1n) is 5.08. The molecular formula is C9H19NO4P+. The maximum Gasteiger partial charge on any atom is 0.695 e. The molecule has 3 N–H and O–H groups in total. The molecular weight excluding hydrogens is 217 g/mol. The highest BCUT2D eigenvalue weighted by atomic mass is 31.1. The van der Waals surface area contributed by atoms with Gasteiger partial charge in [-0.3, -0.25) is 4.79 Å². The summed E-state index contributed by atoms with van der Waals surface area (Å²) in [6.45, 7) is 3.37. The topological polar surface area (TPSA) is 89.6 Å². The largest absolute Gasteiger partial charge is 0.695 e. The molecule has 0 amide bonds. The van der Waals surface area contributed by atoms with Gasteiger partial charge in [-0.05, 0) is 13.3 Å². The van der Waals surface area contributed by atoms with Gasteiger partial charge < -0.3 is 5.73 Å². The van der Waals surface area contributed by atoms with Crippen molar-refractivity contribution in [3.8, 4) is 0 Å². The van der Waals surface area contributed by atoms with E-state index in [2.05, 4.69) is 11.4 Å². The van der Waals surface area contributed by atoms with E-state index in [-0.39, 0.29) is 5.78 Å². The minimum Gasteiger partial charge on any atom is -0.325 e. The van der Waals surface area contributed by atoms with E-state index in [1.54, 1.807) is 0 Å². The smallest absolute Gasteiger partial charge is 0.325 e. The van der Waals surface area contributed by atoms with Crippen molar-refractivity contribution in [1.82, 2.24) is 0 Å². The molecule has 88 valence electrons. The molecule has 0 aliphatic heterocycles. The summed E-state index contributed by atoms with van der Waals surface area (Å²) in [6, 6.07) is -0.500. The molecule has 0 aliphatic carbocycles. The van der Waals surface area contributed by atoms with E-state index in [0.717, 1.165) is 19.3 Å². The Labute approximate surface area is 90.9 Å². The quantitative estimate of drug-likeness (QED) is 0.492. The van der Waals surface area contributed by atoms with Gasteiger partial charge in [-0.1, -0.05) is 26.2 Å². The Morgan fingerprint density at radius 1 is 1.53 bits per heavy atom. The monoisotopic (exact) mass is 236 g/mol. The number of Topliss-reactive ketones (excluding diaryl/α,β-unsaturated/α-hetero) is 1. The SMILES string of the molecule is CCCCCC(N)C(O[P+](=O)O)C(C)=O. The summed E-state index contributed by atoms with van der Waals surface area (Å²) in [5.41, 5.74) is 5.72. The molecule has 0 heterocycles. The van der Waals surface area contributed by atoms with Crippen molar-refractivity contribution in [2.24, 2.45) is 5.73 Å². The summed E-state index contributed by atoms with van der Waals surface area (Å²) in [5.74, 6) is -0.309. The normalized spacial score (nSPS) is 15.9. The van der Waals surface area contributed by atoms with Crippen LogP contribution < -0.4 is 5.73 Å². The molecule has 0 spiro atoms. The van der Waals surface area contributed by atoms with Crippen molar-refractivity contribution in [1.29, 1.82) is 0 Å². The van der Waals surface area contributed by atoms with E-state index in [0.29, 0.717) is 6.42 Å². The van der Waals surface area contributed by atoms with Crippen LogP contribution in [-0.4, -0.2) is 22.8 Å². The second kappa shape index (κ2) is 7.88. The fraction of sp³-hybridized carbons (Fsp3) is 0.889. The minimum absolute atomic E-state index is 0.309. The molecule has 0 aromatic rings. The molecule has 3 atom stereocenters. The molecule has 6 heteroatoms. The predicted octanol–water partition coefficient (Wildman–Crippen LogP) is 1.52. The van der Waals surface area contributed by atoms with Crippen LogP contribution in [0.3, 0.4) is 0 Å². The van der Waals surface area contributed by atoms with Crippen LogP contribution in [-0.2, 0) is 13.9 Å². The van der Waals surface area contributed by atoms with Crippen LogP contribution in [0.15, 0.2) is 0 Å². The fourth-order valence-electron chi connectivity index (χ4n) is 1.33. The van der Waals surface area contributed by atoms with Crippen molar-refractivity contribution in [2.45, 2.75) is 51.7 Å². The Morgan fingerprint density at radius 2 is 2.13 bits per heavy atom. The van der Waals surface area contributed by atoms with Crippen molar-refractivity contribution < 1.29 is 18.8 Å². The lowest BCUT2D eigenvalue weighted by Gasteiger charge is -2.15. The van der Waals surface area contributed by atoms with Crippen LogP contribution in [0.2, 0.25) is 0 Å². The second-order valence-corrected chi connectivity index (χ2v) is 4.22. The zero-order chi connectivity index (χ0) is 11.8. The molecule has 15 heavy (non-hydrogen) atoms. The van der Waals surface area contributed by atoms with Gasteiger partial charge in [0.25, 0.3) is 0 Å². The number of nitrogens with two attached hydrogens (primary N) is 1. The van der Waals surface area contributed by atoms with Gasteiger partial charge in [0.05, 0.1) is 0 Å². The average Bonchev–Trinajstić information content (AvgIpc) is 2.13. The predicted molar refractivity (Wildman–Crippen MR) is 57.5 cm³/mol. The standard InChI is InChI=1S/C9H18NO4P/c1-3-4-5-6-8(10)9(7(2)11)14-15(12)13/h8-9H,3-6,10H2,1-2H3/p+1. The lowest BCUT2D eigenvalue weighted by molar-refractivity contribution is -0.124. The van der Waals surface area contributed by atoms with Gasteiger partial charge in [0.1, 0.15) is 0 Å². The molecule has 0 rings (SSSR count). The first-order valence-corrected chi connectivity index (χ1v) is 6.21. The lowest BCUT2D eigenvalue weighted by atomic mass is 10.0. The van der Waals surface area contributed by atoms with Crippen LogP contribution in [0.1, 0.15) is 39.5 Å². The first-order chi connectivity index (χ1) is 6.99. The van der Waals surface area contributed by atoms with Gasteiger partial charge >= 0.3 is 8.25 Å². The molecule has 3 unspecified atom stereocenters. The Morgan fingerprint density at radius 3 is 2.53 bits per heavy atom. The zero-order valence-electron chi connectivity index (χ0n) is 9.18. The highest BCUT2D eigenvalue weighted by molar-refractivity contribution is 7.32. The molecule has 0 aromatic heterocycles. The third kappa shape index (κ3) is 6.68. The number of unbranched alkanes of at least 4 members (excludes halogenated alkanes) is 2. The minimum atomic E-state index is -2.77. The fourth-order valence-corrected chi connectivity index (χ4v) is 1.83. The van der Waals surface area contributed by atoms with Gasteiger partial charge in [-0.2, -0.15) is 0 Å². The summed E-state index contributed by atoms with van der Waals surface area (Å²) in [5, 5.41) is 0. The third-order valence-corrected chi connectivity index (χ3v) is 2.54. The lowest BCUT2D eigenvalue weighted by Crippen LogP contribution is -2.40. The number of rotatable bonds is 8. The second-order valence-electron chi connectivity index (χ2n) is 3.53. The highest BCUT2D eigenvalue weighted by Crippen LogP contribution is 2.21. The number of ketones is 1. The maximum atomic E-state index is 11.1. The maximum absolute atomic E-state index is 11.1. The molecule has 0 aliphatic rings. The van der Waals surface area contributed by atoms with Gasteiger partial charge in [0.15, 0.2) is 11.9 Å². The van der Waals surface area contributed by atoms with Crippen molar-refractivity contribution >= 4 is 14.0 Å². The van der Waals surface area contributed by atoms with Crippen molar-refractivity contribution in [2.75, 3.05) is 0 Å². The van der Waals surface area contributed by atoms with E-state index >= 15 is 0 Å². The van der Waals surface area contributed by atoms with Crippen LogP contribution in [0.4, 0.5) is 0 Å². The molecule has 0 saturated carbocycles. The summed E-state index contributed by atoms with van der Waals surface area (Å²) < 4.78 is 15.1. The van der Waals surface area contributed by atoms with Gasteiger partial charge in [-0.15, -0.1) is 9.42 Å². The first kappa shape index (κ1) is 14.6. The van der Waals surface area contributed by atoms with E-state index in [9.17, 15) is 9.36 Å². The van der Waals surface area contributed by atoms with Crippen LogP contribution in [0.25, 0.3) is 0 Å². The third-order valence-electron chi connectivity index (χ3n) is 2.13. The zero-order valence-corrected chi connectivity index (χ0v) is 10.1. The van der Waals surface area contributed by atoms with E-state index in [4.69, 9.17) is 10.6 Å². The van der Waals surface area contributed by atoms with Crippen LogP contribution >= 0.6 is 8.25 Å². The molecule has 0 bridgehead atoms. The van der Waals surface area contributed by atoms with Gasteiger partial charge in [-0.25, -0.2) is 0 Å². The van der Waals surface area contributed by atoms with E-state index in [1.165, 1.54) is 6.92 Å². The summed E-state index contributed by atoms with van der Waals surface area (Å²) in [4.78, 5) is 19.7. The van der Waals surface area contributed by atoms with E-state index < -0.39 is 20.4 Å². The number of hydrogen-bond acceptors (Lipinski definition) is 4. The molecule has 0 fully saturated rings. The van der Waals surface area contributed by atoms with Gasteiger partial charge in [0.2, 0.25) is 0 Å². The summed E-state index contributed by atoms with van der Waals surface area (Å²) in [6.07, 6.45) is 2.65. The Bertz CT molecular complexity index is 222. The van der Waals surface area contributed by atoms with Crippen molar-refractivity contribution in [3.63, 3.8) is 0 Å². The highest BCUT2D eigenvalue weighted by Gasteiger charge is 2.32. The van der Waals surface area contributed by atoms with Crippen LogP contribution in [0, 0.1) is 0 Å². The molecule has 0 aromatic carbocycles. The van der Waals surface area contributed by atoms with Crippen LogP contribution in [0.5, 0.6) is 0 Å². The Balaban J connectivity index is 4.10. The molecule has 5 nitrogen and oxygen atoms in total. The number of carbonyl (C=O) groups is 1. The van der Waals surface area contributed by atoms with Gasteiger partial charge in [0, 0.05) is 10.6 Å². The Hall–Kier alpha value is -0.350. The summed E-state index contributed by atoms with van der Waals surface area (Å²) in [7, 11) is -2.77.